The lowest BCUT2D eigenvalue weighted by molar-refractivity contribution is 0.735. The topological polar surface area (TPSA) is 43.3 Å². The summed E-state index contributed by atoms with van der Waals surface area (Å²) in [5, 5.41) is 0. The van der Waals surface area contributed by atoms with Crippen molar-refractivity contribution in [3.8, 4) is 0 Å². The molecule has 0 aliphatic carbocycles. The Morgan fingerprint density at radius 2 is 2.43 bits per heavy atom. The predicted octanol–water partition coefficient (Wildman–Crippen LogP) is 1.91. The number of fused-ring (bicyclic) bond motifs is 1. The molecule has 2 aromatic rings. The second-order valence-electron chi connectivity index (χ2n) is 3.29. The summed E-state index contributed by atoms with van der Waals surface area (Å²) in [6, 6.07) is 4.01. The molecule has 0 unspecified atom stereocenters. The van der Waals surface area contributed by atoms with Crippen LogP contribution in [0.25, 0.3) is 5.65 Å². The molecule has 0 radical (unpaired) electrons. The lowest BCUT2D eigenvalue weighted by Crippen LogP contribution is -2.09. The monoisotopic (exact) mass is 187 g/mol. The highest BCUT2D eigenvalue weighted by Gasteiger charge is 2.04. The number of rotatable bonds is 3. The molecule has 0 saturated carbocycles. The zero-order chi connectivity index (χ0) is 9.97. The van der Waals surface area contributed by atoms with Crippen molar-refractivity contribution < 1.29 is 0 Å². The molecule has 2 N–H and O–H groups in total. The normalized spacial score (nSPS) is 12.9. The second kappa shape index (κ2) is 3.64. The van der Waals surface area contributed by atoms with Crippen LogP contribution >= 0.6 is 0 Å². The Labute approximate surface area is 82.9 Å². The van der Waals surface area contributed by atoms with Crippen LogP contribution < -0.4 is 5.73 Å². The third-order valence-electron chi connectivity index (χ3n) is 2.26. The van der Waals surface area contributed by atoms with Gasteiger partial charge >= 0.3 is 0 Å². The third-order valence-corrected chi connectivity index (χ3v) is 2.26. The van der Waals surface area contributed by atoms with Gasteiger partial charge < -0.3 is 10.1 Å². The van der Waals surface area contributed by atoms with Crippen LogP contribution in [0.15, 0.2) is 43.4 Å². The Bertz CT molecular complexity index is 444. The molecule has 2 rings (SSSR count). The molecule has 0 aliphatic heterocycles. The zero-order valence-corrected chi connectivity index (χ0v) is 7.93. The molecule has 0 fully saturated rings. The first kappa shape index (κ1) is 8.97. The Kier molecular flexibility index (Phi) is 2.33. The fourth-order valence-electron chi connectivity index (χ4n) is 1.47. The molecule has 2 aromatic heterocycles. The van der Waals surface area contributed by atoms with E-state index in [0.717, 1.165) is 17.6 Å². The average molecular weight is 187 g/mol. The Morgan fingerprint density at radius 3 is 3.21 bits per heavy atom. The molecule has 0 bridgehead atoms. The summed E-state index contributed by atoms with van der Waals surface area (Å²) < 4.78 is 1.97. The Hall–Kier alpha value is -1.61. The maximum Gasteiger partial charge on any atom is 0.136 e. The van der Waals surface area contributed by atoms with Crippen molar-refractivity contribution >= 4 is 5.65 Å². The van der Waals surface area contributed by atoms with Crippen LogP contribution in [0.1, 0.15) is 18.0 Å². The molecular formula is C11H13N3. The number of nitrogens with zero attached hydrogens (tertiary/aromatic N) is 2. The van der Waals surface area contributed by atoms with Crippen LogP contribution in [0.4, 0.5) is 0 Å². The predicted molar refractivity (Wildman–Crippen MR) is 56.9 cm³/mol. The molecule has 72 valence electrons. The SMILES string of the molecule is C=CC[C@H](N)c1ccc2nccn2c1. The molecule has 2 heterocycles. The number of aromatic nitrogens is 2. The third kappa shape index (κ3) is 1.54. The van der Waals surface area contributed by atoms with Gasteiger partial charge in [-0.3, -0.25) is 0 Å². The molecule has 0 amide bonds. The van der Waals surface area contributed by atoms with Crippen LogP contribution in [-0.4, -0.2) is 9.38 Å². The van der Waals surface area contributed by atoms with Gasteiger partial charge in [0.2, 0.25) is 0 Å². The number of pyridine rings is 1. The fraction of sp³-hybridized carbons (Fsp3) is 0.182. The minimum atomic E-state index is 0.0271. The van der Waals surface area contributed by atoms with Crippen LogP contribution in [0, 0.1) is 0 Å². The van der Waals surface area contributed by atoms with E-state index in [0.29, 0.717) is 0 Å². The second-order valence-corrected chi connectivity index (χ2v) is 3.29. The van der Waals surface area contributed by atoms with E-state index in [-0.39, 0.29) is 6.04 Å². The lowest BCUT2D eigenvalue weighted by atomic mass is 10.1. The summed E-state index contributed by atoms with van der Waals surface area (Å²) in [7, 11) is 0. The van der Waals surface area contributed by atoms with Crippen LogP contribution in [0.5, 0.6) is 0 Å². The fourth-order valence-corrected chi connectivity index (χ4v) is 1.47. The first-order valence-corrected chi connectivity index (χ1v) is 4.60. The average Bonchev–Trinajstić information content (AvgIpc) is 2.64. The largest absolute Gasteiger partial charge is 0.324 e. The summed E-state index contributed by atoms with van der Waals surface area (Å²) in [6.45, 7) is 3.68. The van der Waals surface area contributed by atoms with Crippen molar-refractivity contribution in [2.75, 3.05) is 0 Å². The van der Waals surface area contributed by atoms with Crippen molar-refractivity contribution in [2.24, 2.45) is 5.73 Å². The van der Waals surface area contributed by atoms with Crippen molar-refractivity contribution in [2.45, 2.75) is 12.5 Å². The van der Waals surface area contributed by atoms with Crippen molar-refractivity contribution in [1.82, 2.24) is 9.38 Å². The van der Waals surface area contributed by atoms with E-state index in [4.69, 9.17) is 5.73 Å². The van der Waals surface area contributed by atoms with E-state index < -0.39 is 0 Å². The van der Waals surface area contributed by atoms with Crippen LogP contribution in [0.3, 0.4) is 0 Å². The van der Waals surface area contributed by atoms with Gasteiger partial charge in [0.05, 0.1) is 0 Å². The minimum absolute atomic E-state index is 0.0271. The molecule has 1 atom stereocenters. The maximum atomic E-state index is 5.96. The zero-order valence-electron chi connectivity index (χ0n) is 7.93. The molecule has 0 aromatic carbocycles. The Balaban J connectivity index is 2.38. The quantitative estimate of drug-likeness (QED) is 0.746. The molecule has 3 nitrogen and oxygen atoms in total. The summed E-state index contributed by atoms with van der Waals surface area (Å²) in [5.74, 6) is 0. The van der Waals surface area contributed by atoms with Crippen LogP contribution in [-0.2, 0) is 0 Å². The molecular weight excluding hydrogens is 174 g/mol. The first-order chi connectivity index (χ1) is 6.81. The number of nitrogens with two attached hydrogens (primary N) is 1. The van der Waals surface area contributed by atoms with E-state index in [2.05, 4.69) is 11.6 Å². The van der Waals surface area contributed by atoms with Crippen molar-refractivity contribution in [3.63, 3.8) is 0 Å². The molecule has 14 heavy (non-hydrogen) atoms. The van der Waals surface area contributed by atoms with E-state index in [1.165, 1.54) is 0 Å². The van der Waals surface area contributed by atoms with E-state index in [1.54, 1.807) is 6.20 Å². The highest BCUT2D eigenvalue weighted by atomic mass is 15.0. The van der Waals surface area contributed by atoms with E-state index in [9.17, 15) is 0 Å². The summed E-state index contributed by atoms with van der Waals surface area (Å²) in [4.78, 5) is 4.17. The van der Waals surface area contributed by atoms with E-state index >= 15 is 0 Å². The highest BCUT2D eigenvalue weighted by molar-refractivity contribution is 5.40. The van der Waals surface area contributed by atoms with Gasteiger partial charge in [-0.25, -0.2) is 4.98 Å². The van der Waals surface area contributed by atoms with Gasteiger partial charge in [0, 0.05) is 24.6 Å². The number of imidazole rings is 1. The molecule has 3 heteroatoms. The molecule has 0 aliphatic rings. The van der Waals surface area contributed by atoms with Gasteiger partial charge in [-0.1, -0.05) is 12.1 Å². The van der Waals surface area contributed by atoms with Gasteiger partial charge in [-0.05, 0) is 18.1 Å². The van der Waals surface area contributed by atoms with Gasteiger partial charge in [-0.15, -0.1) is 6.58 Å². The molecule has 0 saturated heterocycles. The van der Waals surface area contributed by atoms with Gasteiger partial charge in [-0.2, -0.15) is 0 Å². The maximum absolute atomic E-state index is 5.96. The summed E-state index contributed by atoms with van der Waals surface area (Å²) in [5.41, 5.74) is 8.01. The van der Waals surface area contributed by atoms with Gasteiger partial charge in [0.25, 0.3) is 0 Å². The number of hydrogen-bond donors (Lipinski definition) is 1. The standard InChI is InChI=1S/C11H13N3/c1-2-3-10(12)9-4-5-11-13-6-7-14(11)8-9/h2,4-8,10H,1,3,12H2/t10-/m0/s1. The number of hydrogen-bond acceptors (Lipinski definition) is 2. The van der Waals surface area contributed by atoms with Crippen molar-refractivity contribution in [1.29, 1.82) is 0 Å². The summed E-state index contributed by atoms with van der Waals surface area (Å²) in [6.07, 6.45) is 8.33. The molecule has 0 spiro atoms. The van der Waals surface area contributed by atoms with Gasteiger partial charge in [0.15, 0.2) is 0 Å². The van der Waals surface area contributed by atoms with Gasteiger partial charge in [0.1, 0.15) is 5.65 Å². The highest BCUT2D eigenvalue weighted by Crippen LogP contribution is 2.14. The lowest BCUT2D eigenvalue weighted by Gasteiger charge is -2.09. The first-order valence-electron chi connectivity index (χ1n) is 4.60. The smallest absolute Gasteiger partial charge is 0.136 e. The van der Waals surface area contributed by atoms with E-state index in [1.807, 2.05) is 35.0 Å². The minimum Gasteiger partial charge on any atom is -0.324 e. The van der Waals surface area contributed by atoms with Crippen LogP contribution in [0.2, 0.25) is 0 Å². The summed E-state index contributed by atoms with van der Waals surface area (Å²) >= 11 is 0. The Morgan fingerprint density at radius 1 is 1.57 bits per heavy atom. The van der Waals surface area contributed by atoms with Crippen molar-refractivity contribution in [3.05, 3.63) is 48.9 Å².